The van der Waals surface area contributed by atoms with Crippen molar-refractivity contribution in [2.75, 3.05) is 20.1 Å². The molecule has 3 heteroatoms. The monoisotopic (exact) mass is 280 g/mol. The first kappa shape index (κ1) is 14.8. The minimum absolute atomic E-state index is 0.354. The van der Waals surface area contributed by atoms with Crippen LogP contribution in [0.2, 0.25) is 5.02 Å². The van der Waals surface area contributed by atoms with E-state index in [9.17, 15) is 0 Å². The van der Waals surface area contributed by atoms with E-state index in [1.807, 2.05) is 19.2 Å². The summed E-state index contributed by atoms with van der Waals surface area (Å²) < 4.78 is 0. The SMILES string of the molecule is CCCN(CCC(NC)c1ccccc1Cl)C1CC1. The standard InChI is InChI=1S/C16H25ClN2/c1-3-11-19(13-8-9-13)12-10-16(18-2)14-6-4-5-7-15(14)17/h4-7,13,16,18H,3,8-12H2,1-2H3. The lowest BCUT2D eigenvalue weighted by molar-refractivity contribution is 0.249. The Morgan fingerprint density at radius 1 is 1.32 bits per heavy atom. The molecule has 19 heavy (non-hydrogen) atoms. The Morgan fingerprint density at radius 3 is 2.63 bits per heavy atom. The molecule has 1 fully saturated rings. The molecular weight excluding hydrogens is 256 g/mol. The topological polar surface area (TPSA) is 15.3 Å². The average Bonchev–Trinajstić information content (AvgIpc) is 3.24. The first-order valence-corrected chi connectivity index (χ1v) is 7.79. The third-order valence-corrected chi connectivity index (χ3v) is 4.25. The molecular formula is C16H25ClN2. The molecule has 106 valence electrons. The van der Waals surface area contributed by atoms with E-state index >= 15 is 0 Å². The maximum absolute atomic E-state index is 6.30. The van der Waals surface area contributed by atoms with Crippen molar-refractivity contribution in [2.45, 2.75) is 44.7 Å². The van der Waals surface area contributed by atoms with Gasteiger partial charge in [0.15, 0.2) is 0 Å². The molecule has 1 aromatic carbocycles. The Morgan fingerprint density at radius 2 is 2.05 bits per heavy atom. The summed E-state index contributed by atoms with van der Waals surface area (Å²) in [5, 5.41) is 4.28. The van der Waals surface area contributed by atoms with Crippen LogP contribution < -0.4 is 5.32 Å². The van der Waals surface area contributed by atoms with Crippen LogP contribution in [0.5, 0.6) is 0 Å². The Bertz CT molecular complexity index is 390. The summed E-state index contributed by atoms with van der Waals surface area (Å²) in [4.78, 5) is 2.64. The third kappa shape index (κ3) is 4.20. The third-order valence-electron chi connectivity index (χ3n) is 3.91. The van der Waals surface area contributed by atoms with Crippen LogP contribution in [-0.2, 0) is 0 Å². The zero-order valence-electron chi connectivity index (χ0n) is 12.0. The molecule has 1 unspecified atom stereocenters. The van der Waals surface area contributed by atoms with Gasteiger partial charge in [-0.1, -0.05) is 36.7 Å². The summed E-state index contributed by atoms with van der Waals surface area (Å²) in [5.74, 6) is 0. The highest BCUT2D eigenvalue weighted by molar-refractivity contribution is 6.31. The second-order valence-electron chi connectivity index (χ2n) is 5.42. The van der Waals surface area contributed by atoms with Gasteiger partial charge in [-0.3, -0.25) is 0 Å². The van der Waals surface area contributed by atoms with Gasteiger partial charge in [0, 0.05) is 23.7 Å². The van der Waals surface area contributed by atoms with E-state index in [1.165, 1.54) is 31.4 Å². The van der Waals surface area contributed by atoms with Gasteiger partial charge in [-0.2, -0.15) is 0 Å². The molecule has 1 aliphatic carbocycles. The number of hydrogen-bond donors (Lipinski definition) is 1. The van der Waals surface area contributed by atoms with Gasteiger partial charge in [0.2, 0.25) is 0 Å². The fraction of sp³-hybridized carbons (Fsp3) is 0.625. The first-order valence-electron chi connectivity index (χ1n) is 7.42. The Hall–Kier alpha value is -0.570. The predicted octanol–water partition coefficient (Wildman–Crippen LogP) is 3.87. The van der Waals surface area contributed by atoms with Gasteiger partial charge >= 0.3 is 0 Å². The van der Waals surface area contributed by atoms with E-state index in [-0.39, 0.29) is 0 Å². The van der Waals surface area contributed by atoms with Gasteiger partial charge in [-0.15, -0.1) is 0 Å². The molecule has 0 aromatic heterocycles. The summed E-state index contributed by atoms with van der Waals surface area (Å²) in [6.07, 6.45) is 5.14. The molecule has 0 saturated heterocycles. The van der Waals surface area contributed by atoms with Gasteiger partial charge in [-0.25, -0.2) is 0 Å². The van der Waals surface area contributed by atoms with Crippen molar-refractivity contribution in [3.63, 3.8) is 0 Å². The molecule has 0 heterocycles. The molecule has 2 nitrogen and oxygen atoms in total. The van der Waals surface area contributed by atoms with Crippen molar-refractivity contribution >= 4 is 11.6 Å². The van der Waals surface area contributed by atoms with Gasteiger partial charge in [0.05, 0.1) is 0 Å². The molecule has 1 atom stereocenters. The second kappa shape index (κ2) is 7.28. The van der Waals surface area contributed by atoms with E-state index in [0.717, 1.165) is 24.0 Å². The van der Waals surface area contributed by atoms with Crippen LogP contribution in [0.1, 0.15) is 44.2 Å². The first-order chi connectivity index (χ1) is 9.26. The van der Waals surface area contributed by atoms with Crippen LogP contribution >= 0.6 is 11.6 Å². The maximum atomic E-state index is 6.30. The lowest BCUT2D eigenvalue weighted by Gasteiger charge is -2.25. The zero-order chi connectivity index (χ0) is 13.7. The van der Waals surface area contributed by atoms with Gasteiger partial charge in [-0.05, 0) is 50.9 Å². The van der Waals surface area contributed by atoms with Crippen molar-refractivity contribution in [3.05, 3.63) is 34.9 Å². The fourth-order valence-electron chi connectivity index (χ4n) is 2.71. The normalized spacial score (nSPS) is 16.8. The van der Waals surface area contributed by atoms with Crippen molar-refractivity contribution in [2.24, 2.45) is 0 Å². The summed E-state index contributed by atoms with van der Waals surface area (Å²) in [6.45, 7) is 4.65. The number of nitrogens with one attached hydrogen (secondary N) is 1. The molecule has 0 spiro atoms. The minimum Gasteiger partial charge on any atom is -0.313 e. The van der Waals surface area contributed by atoms with Crippen molar-refractivity contribution < 1.29 is 0 Å². The van der Waals surface area contributed by atoms with Crippen LogP contribution in [0, 0.1) is 0 Å². The zero-order valence-corrected chi connectivity index (χ0v) is 12.8. The molecule has 2 rings (SSSR count). The lowest BCUT2D eigenvalue weighted by Crippen LogP contribution is -2.31. The summed E-state index contributed by atoms with van der Waals surface area (Å²) >= 11 is 6.30. The van der Waals surface area contributed by atoms with E-state index in [1.54, 1.807) is 0 Å². The van der Waals surface area contributed by atoms with E-state index in [0.29, 0.717) is 6.04 Å². The van der Waals surface area contributed by atoms with Crippen molar-refractivity contribution in [1.29, 1.82) is 0 Å². The van der Waals surface area contributed by atoms with E-state index in [2.05, 4.69) is 29.3 Å². The van der Waals surface area contributed by atoms with Crippen molar-refractivity contribution in [1.82, 2.24) is 10.2 Å². The van der Waals surface area contributed by atoms with Crippen LogP contribution in [0.25, 0.3) is 0 Å². The summed E-state index contributed by atoms with van der Waals surface area (Å²) in [5.41, 5.74) is 1.22. The summed E-state index contributed by atoms with van der Waals surface area (Å²) in [6, 6.07) is 9.37. The van der Waals surface area contributed by atoms with E-state index < -0.39 is 0 Å². The number of hydrogen-bond acceptors (Lipinski definition) is 2. The molecule has 0 amide bonds. The van der Waals surface area contributed by atoms with E-state index in [4.69, 9.17) is 11.6 Å². The number of halogens is 1. The van der Waals surface area contributed by atoms with Gasteiger partial charge in [0.1, 0.15) is 0 Å². The Labute approximate surface area is 122 Å². The fourth-order valence-corrected chi connectivity index (χ4v) is 2.98. The quantitative estimate of drug-likeness (QED) is 0.778. The molecule has 0 radical (unpaired) electrons. The number of benzene rings is 1. The highest BCUT2D eigenvalue weighted by Crippen LogP contribution is 2.29. The van der Waals surface area contributed by atoms with Crippen LogP contribution in [-0.4, -0.2) is 31.1 Å². The average molecular weight is 281 g/mol. The van der Waals surface area contributed by atoms with Crippen LogP contribution in [0.3, 0.4) is 0 Å². The predicted molar refractivity (Wildman–Crippen MR) is 82.8 cm³/mol. The lowest BCUT2D eigenvalue weighted by atomic mass is 10.0. The molecule has 1 N–H and O–H groups in total. The molecule has 1 saturated carbocycles. The summed E-state index contributed by atoms with van der Waals surface area (Å²) in [7, 11) is 2.02. The molecule has 1 aromatic rings. The highest BCUT2D eigenvalue weighted by atomic mass is 35.5. The largest absolute Gasteiger partial charge is 0.313 e. The highest BCUT2D eigenvalue weighted by Gasteiger charge is 2.28. The van der Waals surface area contributed by atoms with Gasteiger partial charge < -0.3 is 10.2 Å². The van der Waals surface area contributed by atoms with Crippen LogP contribution in [0.15, 0.2) is 24.3 Å². The minimum atomic E-state index is 0.354. The Kier molecular flexibility index (Phi) is 5.68. The number of nitrogens with zero attached hydrogens (tertiary/aromatic N) is 1. The molecule has 1 aliphatic rings. The maximum Gasteiger partial charge on any atom is 0.0453 e. The number of rotatable bonds is 8. The molecule has 0 aliphatic heterocycles. The van der Waals surface area contributed by atoms with Crippen LogP contribution in [0.4, 0.5) is 0 Å². The Balaban J connectivity index is 1.93. The van der Waals surface area contributed by atoms with Gasteiger partial charge in [0.25, 0.3) is 0 Å². The van der Waals surface area contributed by atoms with Crippen molar-refractivity contribution in [3.8, 4) is 0 Å². The second-order valence-corrected chi connectivity index (χ2v) is 5.83. The molecule has 0 bridgehead atoms. The smallest absolute Gasteiger partial charge is 0.0453 e.